The Kier molecular flexibility index (Phi) is 3.58. The summed E-state index contributed by atoms with van der Waals surface area (Å²) in [5.41, 5.74) is 1.14. The highest BCUT2D eigenvalue weighted by atomic mass is 19.1. The van der Waals surface area contributed by atoms with Crippen molar-refractivity contribution >= 4 is 5.82 Å². The minimum atomic E-state index is -0.438. The Hall–Kier alpha value is -2.65. The SMILES string of the molecule is N#Cc1ccc(COc2cccc(N3CC4(CNC4)C3)n2)c(F)c1. The van der Waals surface area contributed by atoms with Gasteiger partial charge in [0.2, 0.25) is 5.88 Å². The topological polar surface area (TPSA) is 61.2 Å². The number of hydrogen-bond acceptors (Lipinski definition) is 5. The molecule has 0 aliphatic carbocycles. The van der Waals surface area contributed by atoms with E-state index in [2.05, 4.69) is 15.2 Å². The molecule has 0 atom stereocenters. The highest BCUT2D eigenvalue weighted by molar-refractivity contribution is 5.45. The molecular weight excluding hydrogens is 307 g/mol. The average molecular weight is 324 g/mol. The summed E-state index contributed by atoms with van der Waals surface area (Å²) in [7, 11) is 0. The summed E-state index contributed by atoms with van der Waals surface area (Å²) < 4.78 is 19.5. The van der Waals surface area contributed by atoms with Crippen LogP contribution in [0, 0.1) is 22.6 Å². The van der Waals surface area contributed by atoms with Crippen LogP contribution in [0.1, 0.15) is 11.1 Å². The molecule has 4 rings (SSSR count). The van der Waals surface area contributed by atoms with Crippen molar-refractivity contribution in [1.29, 1.82) is 5.26 Å². The monoisotopic (exact) mass is 324 g/mol. The van der Waals surface area contributed by atoms with Gasteiger partial charge in [-0.2, -0.15) is 10.2 Å². The summed E-state index contributed by atoms with van der Waals surface area (Å²) in [6, 6.07) is 11.9. The lowest BCUT2D eigenvalue weighted by Crippen LogP contribution is -2.71. The smallest absolute Gasteiger partial charge is 0.215 e. The summed E-state index contributed by atoms with van der Waals surface area (Å²) in [6.45, 7) is 4.28. The van der Waals surface area contributed by atoms with Crippen LogP contribution in [0.15, 0.2) is 36.4 Å². The zero-order valence-electron chi connectivity index (χ0n) is 13.1. The number of pyridine rings is 1. The van der Waals surface area contributed by atoms with Crippen molar-refractivity contribution in [3.63, 3.8) is 0 Å². The highest BCUT2D eigenvalue weighted by Crippen LogP contribution is 2.36. The van der Waals surface area contributed by atoms with Crippen molar-refractivity contribution in [3.8, 4) is 11.9 Å². The second-order valence-electron chi connectivity index (χ2n) is 6.50. The van der Waals surface area contributed by atoms with E-state index in [0.717, 1.165) is 32.0 Å². The molecule has 2 saturated heterocycles. The number of rotatable bonds is 4. The van der Waals surface area contributed by atoms with E-state index in [1.165, 1.54) is 6.07 Å². The predicted octanol–water partition coefficient (Wildman–Crippen LogP) is 2.08. The summed E-state index contributed by atoms with van der Waals surface area (Å²) in [5, 5.41) is 12.1. The highest BCUT2D eigenvalue weighted by Gasteiger charge is 2.47. The molecule has 24 heavy (non-hydrogen) atoms. The van der Waals surface area contributed by atoms with Crippen LogP contribution in [0.25, 0.3) is 0 Å². The first-order valence-electron chi connectivity index (χ1n) is 7.92. The summed E-state index contributed by atoms with van der Waals surface area (Å²) in [6.07, 6.45) is 0. The number of nitrogens with one attached hydrogen (secondary N) is 1. The Bertz CT molecular complexity index is 805. The fourth-order valence-corrected chi connectivity index (χ4v) is 3.17. The largest absolute Gasteiger partial charge is 0.473 e. The van der Waals surface area contributed by atoms with Crippen molar-refractivity contribution in [1.82, 2.24) is 10.3 Å². The number of hydrogen-bond donors (Lipinski definition) is 1. The number of nitrogens with zero attached hydrogens (tertiary/aromatic N) is 3. The van der Waals surface area contributed by atoms with E-state index in [1.807, 2.05) is 18.2 Å². The molecule has 1 aromatic carbocycles. The molecule has 5 nitrogen and oxygen atoms in total. The molecule has 6 heteroatoms. The number of halogens is 1. The van der Waals surface area contributed by atoms with Crippen LogP contribution < -0.4 is 15.0 Å². The van der Waals surface area contributed by atoms with Gasteiger partial charge >= 0.3 is 0 Å². The molecule has 1 aromatic heterocycles. The van der Waals surface area contributed by atoms with E-state index in [9.17, 15) is 4.39 Å². The number of nitriles is 1. The quantitative estimate of drug-likeness (QED) is 0.933. The fourth-order valence-electron chi connectivity index (χ4n) is 3.17. The normalized spacial score (nSPS) is 17.8. The second-order valence-corrected chi connectivity index (χ2v) is 6.50. The molecular formula is C18H17FN4O. The molecule has 0 unspecified atom stereocenters. The van der Waals surface area contributed by atoms with E-state index in [-0.39, 0.29) is 6.61 Å². The van der Waals surface area contributed by atoms with E-state index >= 15 is 0 Å². The van der Waals surface area contributed by atoms with Crippen molar-refractivity contribution in [3.05, 3.63) is 53.3 Å². The lowest BCUT2D eigenvalue weighted by atomic mass is 9.74. The molecule has 2 fully saturated rings. The standard InChI is InChI=1S/C18H17FN4O/c19-15-6-13(7-20)4-5-14(15)8-24-17-3-1-2-16(22-17)23-11-18(12-23)9-21-10-18/h1-6,21H,8-12H2. The average Bonchev–Trinajstić information content (AvgIpc) is 2.51. The first kappa shape index (κ1) is 14.9. The molecule has 0 bridgehead atoms. The predicted molar refractivity (Wildman–Crippen MR) is 87.2 cm³/mol. The third-order valence-corrected chi connectivity index (χ3v) is 4.64. The Balaban J connectivity index is 1.40. The maximum absolute atomic E-state index is 13.9. The van der Waals surface area contributed by atoms with Gasteiger partial charge in [-0.3, -0.25) is 0 Å². The fraction of sp³-hybridized carbons (Fsp3) is 0.333. The maximum Gasteiger partial charge on any atom is 0.215 e. The first-order valence-corrected chi connectivity index (χ1v) is 7.92. The number of benzene rings is 1. The zero-order chi connectivity index (χ0) is 16.6. The third-order valence-electron chi connectivity index (χ3n) is 4.64. The van der Waals surface area contributed by atoms with Gasteiger partial charge in [0.1, 0.15) is 18.2 Å². The molecule has 0 amide bonds. The van der Waals surface area contributed by atoms with Gasteiger partial charge in [-0.1, -0.05) is 12.1 Å². The minimum absolute atomic E-state index is 0.0852. The zero-order valence-corrected chi connectivity index (χ0v) is 13.1. The van der Waals surface area contributed by atoms with E-state index in [4.69, 9.17) is 10.00 Å². The maximum atomic E-state index is 13.9. The van der Waals surface area contributed by atoms with Crippen molar-refractivity contribution < 1.29 is 9.13 Å². The van der Waals surface area contributed by atoms with Crippen molar-refractivity contribution in [2.75, 3.05) is 31.1 Å². The third kappa shape index (κ3) is 2.68. The van der Waals surface area contributed by atoms with E-state index in [1.54, 1.807) is 18.2 Å². The summed E-state index contributed by atoms with van der Waals surface area (Å²) in [4.78, 5) is 6.74. The van der Waals surface area contributed by atoms with Gasteiger partial charge in [0.05, 0.1) is 11.6 Å². The van der Waals surface area contributed by atoms with E-state index < -0.39 is 5.82 Å². The van der Waals surface area contributed by atoms with Crippen LogP contribution in [-0.4, -0.2) is 31.2 Å². The molecule has 0 saturated carbocycles. The van der Waals surface area contributed by atoms with Crippen molar-refractivity contribution in [2.45, 2.75) is 6.61 Å². The molecule has 2 aromatic rings. The van der Waals surface area contributed by atoms with E-state index in [0.29, 0.717) is 22.4 Å². The van der Waals surface area contributed by atoms with Crippen LogP contribution >= 0.6 is 0 Å². The molecule has 3 heterocycles. The van der Waals surface area contributed by atoms with Gasteiger partial charge in [-0.15, -0.1) is 0 Å². The van der Waals surface area contributed by atoms with Crippen LogP contribution in [0.2, 0.25) is 0 Å². The van der Waals surface area contributed by atoms with Crippen LogP contribution in [0.3, 0.4) is 0 Å². The summed E-state index contributed by atoms with van der Waals surface area (Å²) >= 11 is 0. The van der Waals surface area contributed by atoms with Gasteiger partial charge in [-0.25, -0.2) is 4.39 Å². The van der Waals surface area contributed by atoms with Gasteiger partial charge < -0.3 is 15.0 Å². The number of anilines is 1. The minimum Gasteiger partial charge on any atom is -0.473 e. The lowest BCUT2D eigenvalue weighted by molar-refractivity contribution is 0.120. The summed E-state index contributed by atoms with van der Waals surface area (Å²) in [5.74, 6) is 0.932. The number of ether oxygens (including phenoxy) is 1. The second kappa shape index (κ2) is 5.77. The molecule has 122 valence electrons. The van der Waals surface area contributed by atoms with Crippen molar-refractivity contribution in [2.24, 2.45) is 5.41 Å². The van der Waals surface area contributed by atoms with Gasteiger partial charge in [-0.05, 0) is 18.2 Å². The van der Waals surface area contributed by atoms with Gasteiger partial charge in [0, 0.05) is 43.2 Å². The van der Waals surface area contributed by atoms with Gasteiger partial charge in [0.25, 0.3) is 0 Å². The molecule has 2 aliphatic rings. The van der Waals surface area contributed by atoms with Gasteiger partial charge in [0.15, 0.2) is 0 Å². The van der Waals surface area contributed by atoms with Crippen LogP contribution in [-0.2, 0) is 6.61 Å². The van der Waals surface area contributed by atoms with Crippen LogP contribution in [0.4, 0.5) is 10.2 Å². The Morgan fingerprint density at radius 2 is 2.12 bits per heavy atom. The Labute approximate surface area is 139 Å². The first-order chi connectivity index (χ1) is 11.7. The number of aromatic nitrogens is 1. The Morgan fingerprint density at radius 3 is 2.79 bits per heavy atom. The molecule has 0 radical (unpaired) electrons. The lowest BCUT2D eigenvalue weighted by Gasteiger charge is -2.56. The molecule has 2 aliphatic heterocycles. The Morgan fingerprint density at radius 1 is 1.29 bits per heavy atom. The molecule has 1 spiro atoms. The molecule has 1 N–H and O–H groups in total. The van der Waals surface area contributed by atoms with Crippen LogP contribution in [0.5, 0.6) is 5.88 Å².